The Bertz CT molecular complexity index is 690. The van der Waals surface area contributed by atoms with Crippen molar-refractivity contribution in [1.29, 1.82) is 0 Å². The van der Waals surface area contributed by atoms with Gasteiger partial charge in [0.05, 0.1) is 6.04 Å². The maximum absolute atomic E-state index is 13.1. The van der Waals surface area contributed by atoms with Gasteiger partial charge in [0.1, 0.15) is 18.7 Å². The lowest BCUT2D eigenvalue weighted by atomic mass is 9.91. The number of carbonyl (C=O) groups is 1. The van der Waals surface area contributed by atoms with Gasteiger partial charge in [-0.1, -0.05) is 6.07 Å². The molecule has 1 saturated heterocycles. The summed E-state index contributed by atoms with van der Waals surface area (Å²) in [7, 11) is 0. The molecule has 7 nitrogen and oxygen atoms in total. The summed E-state index contributed by atoms with van der Waals surface area (Å²) < 4.78 is 1.95. The van der Waals surface area contributed by atoms with Crippen molar-refractivity contribution in [3.8, 4) is 0 Å². The standard InChI is InChI=1S/C19H26N6O/c26-19(18(24-10-1-2-11-24)15-4-3-9-20-12-15)23-16-5-7-17(8-6-16)25-14-21-13-22-25/h3-4,9,12-14,16-18H,1-2,5-8,10-11H2,(H,23,26). The minimum Gasteiger partial charge on any atom is -0.352 e. The van der Waals surface area contributed by atoms with E-state index in [9.17, 15) is 4.79 Å². The second-order valence-electron chi connectivity index (χ2n) is 7.32. The molecule has 26 heavy (non-hydrogen) atoms. The third kappa shape index (κ3) is 3.77. The highest BCUT2D eigenvalue weighted by molar-refractivity contribution is 5.83. The van der Waals surface area contributed by atoms with Gasteiger partial charge in [-0.3, -0.25) is 14.7 Å². The first-order valence-corrected chi connectivity index (χ1v) is 9.60. The molecule has 3 heterocycles. The van der Waals surface area contributed by atoms with Crippen molar-refractivity contribution in [3.63, 3.8) is 0 Å². The van der Waals surface area contributed by atoms with Gasteiger partial charge in [-0.25, -0.2) is 9.67 Å². The van der Waals surface area contributed by atoms with E-state index in [0.717, 1.165) is 57.2 Å². The molecule has 1 aliphatic heterocycles. The first kappa shape index (κ1) is 17.1. The molecule has 1 aliphatic carbocycles. The summed E-state index contributed by atoms with van der Waals surface area (Å²) in [5, 5.41) is 7.56. The molecule has 7 heteroatoms. The third-order valence-electron chi connectivity index (χ3n) is 5.61. The van der Waals surface area contributed by atoms with Crippen LogP contribution in [0.5, 0.6) is 0 Å². The lowest BCUT2D eigenvalue weighted by Crippen LogP contribution is -2.45. The molecule has 4 rings (SSSR count). The van der Waals surface area contributed by atoms with Crippen molar-refractivity contribution in [2.75, 3.05) is 13.1 Å². The van der Waals surface area contributed by atoms with E-state index in [1.165, 1.54) is 0 Å². The molecule has 1 amide bonds. The molecule has 2 aliphatic rings. The van der Waals surface area contributed by atoms with Gasteiger partial charge in [0.2, 0.25) is 5.91 Å². The number of aromatic nitrogens is 4. The van der Waals surface area contributed by atoms with E-state index < -0.39 is 0 Å². The molecule has 0 spiro atoms. The average molecular weight is 354 g/mol. The Morgan fingerprint density at radius 1 is 1.15 bits per heavy atom. The van der Waals surface area contributed by atoms with E-state index in [0.29, 0.717) is 6.04 Å². The van der Waals surface area contributed by atoms with Gasteiger partial charge < -0.3 is 5.32 Å². The van der Waals surface area contributed by atoms with Crippen LogP contribution >= 0.6 is 0 Å². The van der Waals surface area contributed by atoms with Crippen LogP contribution in [-0.4, -0.2) is 49.7 Å². The van der Waals surface area contributed by atoms with Crippen molar-refractivity contribution in [2.24, 2.45) is 0 Å². The lowest BCUT2D eigenvalue weighted by molar-refractivity contribution is -0.127. The van der Waals surface area contributed by atoms with Crippen molar-refractivity contribution in [3.05, 3.63) is 42.7 Å². The first-order chi connectivity index (χ1) is 12.8. The predicted octanol–water partition coefficient (Wildman–Crippen LogP) is 2.11. The lowest BCUT2D eigenvalue weighted by Gasteiger charge is -2.32. The monoisotopic (exact) mass is 354 g/mol. The Morgan fingerprint density at radius 3 is 2.62 bits per heavy atom. The fourth-order valence-electron chi connectivity index (χ4n) is 4.24. The summed E-state index contributed by atoms with van der Waals surface area (Å²) in [5.74, 6) is 0.115. The molecular formula is C19H26N6O. The van der Waals surface area contributed by atoms with Crippen LogP contribution in [0.15, 0.2) is 37.2 Å². The summed E-state index contributed by atoms with van der Waals surface area (Å²) in [6.07, 6.45) is 13.3. The molecule has 1 saturated carbocycles. The van der Waals surface area contributed by atoms with Gasteiger partial charge in [0, 0.05) is 18.4 Å². The van der Waals surface area contributed by atoms with E-state index in [1.807, 2.05) is 23.0 Å². The molecule has 2 fully saturated rings. The Balaban J connectivity index is 1.39. The van der Waals surface area contributed by atoms with Crippen LogP contribution in [0.3, 0.4) is 0 Å². The van der Waals surface area contributed by atoms with Crippen LogP contribution in [0, 0.1) is 0 Å². The molecule has 138 valence electrons. The Kier molecular flexibility index (Phi) is 5.24. The molecule has 1 atom stereocenters. The van der Waals surface area contributed by atoms with Crippen LogP contribution in [0.4, 0.5) is 0 Å². The van der Waals surface area contributed by atoms with E-state index in [4.69, 9.17) is 0 Å². The van der Waals surface area contributed by atoms with Crippen LogP contribution < -0.4 is 5.32 Å². The number of hydrogen-bond donors (Lipinski definition) is 1. The summed E-state index contributed by atoms with van der Waals surface area (Å²) in [6, 6.07) is 4.34. The highest BCUT2D eigenvalue weighted by atomic mass is 16.2. The third-order valence-corrected chi connectivity index (χ3v) is 5.61. The fraction of sp³-hybridized carbons (Fsp3) is 0.579. The largest absolute Gasteiger partial charge is 0.352 e. The van der Waals surface area contributed by atoms with Gasteiger partial charge in [0.15, 0.2) is 0 Å². The number of carbonyl (C=O) groups excluding carboxylic acids is 1. The summed E-state index contributed by atoms with van der Waals surface area (Å²) in [4.78, 5) is 23.6. The van der Waals surface area contributed by atoms with Crippen molar-refractivity contribution in [1.82, 2.24) is 30.0 Å². The fourth-order valence-corrected chi connectivity index (χ4v) is 4.24. The van der Waals surface area contributed by atoms with Crippen LogP contribution in [0.1, 0.15) is 56.2 Å². The number of rotatable bonds is 5. The van der Waals surface area contributed by atoms with Gasteiger partial charge in [-0.15, -0.1) is 0 Å². The molecule has 0 aromatic carbocycles. The topological polar surface area (TPSA) is 75.9 Å². The van der Waals surface area contributed by atoms with Crippen molar-refractivity contribution < 1.29 is 4.79 Å². The zero-order valence-electron chi connectivity index (χ0n) is 15.0. The highest BCUT2D eigenvalue weighted by Crippen LogP contribution is 2.29. The van der Waals surface area contributed by atoms with Gasteiger partial charge >= 0.3 is 0 Å². The van der Waals surface area contributed by atoms with Gasteiger partial charge in [-0.2, -0.15) is 5.10 Å². The number of likely N-dealkylation sites (tertiary alicyclic amines) is 1. The molecular weight excluding hydrogens is 328 g/mol. The number of pyridine rings is 1. The smallest absolute Gasteiger partial charge is 0.242 e. The Hall–Kier alpha value is -2.28. The molecule has 1 unspecified atom stereocenters. The Morgan fingerprint density at radius 2 is 1.96 bits per heavy atom. The molecule has 2 aromatic rings. The van der Waals surface area contributed by atoms with Gasteiger partial charge in [-0.05, 0) is 63.2 Å². The summed E-state index contributed by atoms with van der Waals surface area (Å²) >= 11 is 0. The average Bonchev–Trinajstić information content (AvgIpc) is 3.38. The number of amides is 1. The number of hydrogen-bond acceptors (Lipinski definition) is 5. The SMILES string of the molecule is O=C(NC1CCC(n2cncn2)CC1)C(c1cccnc1)N1CCCC1. The normalized spacial score (nSPS) is 25.1. The highest BCUT2D eigenvalue weighted by Gasteiger charge is 2.32. The predicted molar refractivity (Wildman–Crippen MR) is 97.2 cm³/mol. The molecule has 2 aromatic heterocycles. The minimum atomic E-state index is -0.223. The second-order valence-corrected chi connectivity index (χ2v) is 7.32. The molecule has 0 radical (unpaired) electrons. The number of nitrogens with one attached hydrogen (secondary N) is 1. The quantitative estimate of drug-likeness (QED) is 0.890. The summed E-state index contributed by atoms with van der Waals surface area (Å²) in [6.45, 7) is 1.96. The first-order valence-electron chi connectivity index (χ1n) is 9.60. The van der Waals surface area contributed by atoms with E-state index in [1.54, 1.807) is 18.9 Å². The molecule has 0 bridgehead atoms. The van der Waals surface area contributed by atoms with Gasteiger partial charge in [0.25, 0.3) is 0 Å². The summed E-state index contributed by atoms with van der Waals surface area (Å²) in [5.41, 5.74) is 0.989. The maximum Gasteiger partial charge on any atom is 0.242 e. The van der Waals surface area contributed by atoms with E-state index >= 15 is 0 Å². The maximum atomic E-state index is 13.1. The van der Waals surface area contributed by atoms with E-state index in [2.05, 4.69) is 25.3 Å². The van der Waals surface area contributed by atoms with Crippen molar-refractivity contribution in [2.45, 2.75) is 56.7 Å². The van der Waals surface area contributed by atoms with Crippen LogP contribution in [0.2, 0.25) is 0 Å². The zero-order valence-corrected chi connectivity index (χ0v) is 15.0. The Labute approximate surface area is 153 Å². The van der Waals surface area contributed by atoms with Crippen molar-refractivity contribution >= 4 is 5.91 Å². The van der Waals surface area contributed by atoms with E-state index in [-0.39, 0.29) is 18.0 Å². The zero-order chi connectivity index (χ0) is 17.8. The van der Waals surface area contributed by atoms with Crippen LogP contribution in [0.25, 0.3) is 0 Å². The van der Waals surface area contributed by atoms with Crippen LogP contribution in [-0.2, 0) is 4.79 Å². The number of nitrogens with zero attached hydrogens (tertiary/aromatic N) is 5. The minimum absolute atomic E-state index is 0.115. The second kappa shape index (κ2) is 7.95. The molecule has 1 N–H and O–H groups in total.